The summed E-state index contributed by atoms with van der Waals surface area (Å²) in [7, 11) is 2.85. The maximum atomic E-state index is 13.4. The van der Waals surface area contributed by atoms with Crippen molar-refractivity contribution in [1.29, 1.82) is 0 Å². The molecule has 4 N–H and O–H groups in total. The van der Waals surface area contributed by atoms with E-state index in [2.05, 4.69) is 21.3 Å². The maximum Gasteiger partial charge on any atom is 0.252 e. The Morgan fingerprint density at radius 1 is 0.957 bits per heavy atom. The third-order valence-corrected chi connectivity index (χ3v) is 7.57. The van der Waals surface area contributed by atoms with Gasteiger partial charge < -0.3 is 40.4 Å². The van der Waals surface area contributed by atoms with Gasteiger partial charge >= 0.3 is 0 Å². The first-order chi connectivity index (χ1) is 22.5. The van der Waals surface area contributed by atoms with Crippen LogP contribution in [0, 0.1) is 5.92 Å². The molecule has 0 radical (unpaired) electrons. The van der Waals surface area contributed by atoms with Crippen molar-refractivity contribution < 1.29 is 38.2 Å². The summed E-state index contributed by atoms with van der Waals surface area (Å²) in [6.45, 7) is 6.03. The number of hydrogen-bond acceptors (Lipinski definition) is 8. The van der Waals surface area contributed by atoms with Crippen molar-refractivity contribution in [3.05, 3.63) is 53.6 Å². The fourth-order valence-electron chi connectivity index (χ4n) is 4.86. The molecule has 2 aromatic rings. The van der Waals surface area contributed by atoms with Crippen LogP contribution in [0.4, 0.5) is 0 Å². The molecule has 0 aromatic heterocycles. The number of ether oxygens (including phenoxy) is 3. The summed E-state index contributed by atoms with van der Waals surface area (Å²) >= 11 is 0. The quantitative estimate of drug-likeness (QED) is 0.329. The summed E-state index contributed by atoms with van der Waals surface area (Å²) in [6.07, 6.45) is 1.56. The van der Waals surface area contributed by atoms with Crippen LogP contribution in [0.25, 0.3) is 0 Å². The fraction of sp³-hybridized carbons (Fsp3) is 0.500. The summed E-state index contributed by atoms with van der Waals surface area (Å²) < 4.78 is 16.8. The van der Waals surface area contributed by atoms with Crippen molar-refractivity contribution in [2.24, 2.45) is 5.92 Å². The van der Waals surface area contributed by atoms with E-state index in [0.29, 0.717) is 18.8 Å². The van der Waals surface area contributed by atoms with Gasteiger partial charge in [-0.1, -0.05) is 44.2 Å². The van der Waals surface area contributed by atoms with E-state index >= 15 is 0 Å². The van der Waals surface area contributed by atoms with Gasteiger partial charge in [-0.15, -0.1) is 0 Å². The van der Waals surface area contributed by atoms with Gasteiger partial charge in [0.15, 0.2) is 11.5 Å². The van der Waals surface area contributed by atoms with Crippen LogP contribution in [0.5, 0.6) is 17.2 Å². The third kappa shape index (κ3) is 11.5. The lowest BCUT2D eigenvalue weighted by atomic mass is 10.0. The van der Waals surface area contributed by atoms with E-state index in [9.17, 15) is 24.0 Å². The summed E-state index contributed by atoms with van der Waals surface area (Å²) in [5.41, 5.74) is 0.987. The predicted molar refractivity (Wildman–Crippen MR) is 175 cm³/mol. The second-order valence-electron chi connectivity index (χ2n) is 11.7. The lowest BCUT2D eigenvalue weighted by Gasteiger charge is -2.25. The SMILES string of the molecule is COc1cc2cc(OC)c1OCCCNC(=O)CN(C(=O)CCC(C)C)CCNC(=O)[C@@H](Cc1ccccc1)NC(=O)[C@H](C)NC2=O. The minimum atomic E-state index is -1.01. The normalized spacial score (nSPS) is 18.9. The monoisotopic (exact) mass is 653 g/mol. The van der Waals surface area contributed by atoms with Crippen molar-refractivity contribution in [3.8, 4) is 17.2 Å². The molecule has 13 heteroatoms. The molecular formula is C34H47N5O8. The van der Waals surface area contributed by atoms with Crippen LogP contribution in [-0.4, -0.2) is 93.5 Å². The Morgan fingerprint density at radius 2 is 1.64 bits per heavy atom. The summed E-state index contributed by atoms with van der Waals surface area (Å²) in [5, 5.41) is 11.1. The van der Waals surface area contributed by atoms with E-state index in [0.717, 1.165) is 5.56 Å². The zero-order chi connectivity index (χ0) is 34.3. The number of hydrogen-bond donors (Lipinski definition) is 4. The molecule has 2 bridgehead atoms. The number of fused-ring (bicyclic) bond motifs is 19. The Hall–Kier alpha value is -4.81. The molecule has 2 aromatic carbocycles. The van der Waals surface area contributed by atoms with Gasteiger partial charge in [-0.25, -0.2) is 0 Å². The molecule has 2 aliphatic rings. The highest BCUT2D eigenvalue weighted by Gasteiger charge is 2.27. The molecule has 0 saturated carbocycles. The Kier molecular flexibility index (Phi) is 14.3. The molecule has 13 nitrogen and oxygen atoms in total. The highest BCUT2D eigenvalue weighted by Crippen LogP contribution is 2.38. The molecule has 0 aliphatic carbocycles. The number of benzene rings is 2. The Bertz CT molecular complexity index is 1360. The summed E-state index contributed by atoms with van der Waals surface area (Å²) in [6, 6.07) is 10.2. The molecule has 2 aliphatic heterocycles. The van der Waals surface area contributed by atoms with E-state index in [4.69, 9.17) is 14.2 Å². The zero-order valence-electron chi connectivity index (χ0n) is 27.9. The van der Waals surface area contributed by atoms with E-state index in [1.165, 1.54) is 38.2 Å². The molecular weight excluding hydrogens is 606 g/mol. The maximum absolute atomic E-state index is 13.4. The van der Waals surface area contributed by atoms with Gasteiger partial charge in [0.2, 0.25) is 29.4 Å². The number of methoxy groups -OCH3 is 2. The molecule has 5 amide bonds. The number of nitrogens with one attached hydrogen (secondary N) is 4. The van der Waals surface area contributed by atoms with Crippen LogP contribution in [0.2, 0.25) is 0 Å². The summed E-state index contributed by atoms with van der Waals surface area (Å²) in [5.74, 6) is -1.06. The van der Waals surface area contributed by atoms with Crippen LogP contribution < -0.4 is 35.5 Å². The lowest BCUT2D eigenvalue weighted by molar-refractivity contribution is -0.136. The van der Waals surface area contributed by atoms with Gasteiger partial charge in [0.05, 0.1) is 27.4 Å². The molecule has 4 rings (SSSR count). The molecule has 47 heavy (non-hydrogen) atoms. The second kappa shape index (κ2) is 18.4. The lowest BCUT2D eigenvalue weighted by Crippen LogP contribution is -2.54. The van der Waals surface area contributed by atoms with Gasteiger partial charge in [0.1, 0.15) is 12.1 Å². The predicted octanol–water partition coefficient (Wildman–Crippen LogP) is 1.83. The Labute approximate surface area is 276 Å². The van der Waals surface area contributed by atoms with Crippen molar-refractivity contribution >= 4 is 29.5 Å². The number of rotatable bonds is 7. The van der Waals surface area contributed by atoms with Gasteiger partial charge in [0, 0.05) is 38.0 Å². The number of carbonyl (C=O) groups excluding carboxylic acids is 5. The van der Waals surface area contributed by atoms with Crippen LogP contribution >= 0.6 is 0 Å². The Morgan fingerprint density at radius 3 is 2.28 bits per heavy atom. The standard InChI is InChI=1S/C34H47N5O8/c1-22(2)12-13-30(41)39-16-15-36-34(44)26(18-24-10-7-6-8-11-24)38-32(42)23(3)37-33(43)25-19-27(45-4)31(28(20-25)46-5)47-17-9-14-35-29(40)21-39/h6-8,10-11,19-20,22-23,26H,9,12-18,21H2,1-5H3,(H,35,40)(H,36,44)(H,37,43)(H,38,42)/t23-,26+/m0/s1. The Balaban J connectivity index is 1.89. The molecule has 2 atom stereocenters. The molecule has 2 heterocycles. The average Bonchev–Trinajstić information content (AvgIpc) is 3.05. The fourth-order valence-corrected chi connectivity index (χ4v) is 4.86. The summed E-state index contributed by atoms with van der Waals surface area (Å²) in [4.78, 5) is 67.3. The number of carbonyl (C=O) groups is 5. The molecule has 0 spiro atoms. The average molecular weight is 654 g/mol. The van der Waals surface area contributed by atoms with Crippen molar-refractivity contribution in [1.82, 2.24) is 26.2 Å². The van der Waals surface area contributed by atoms with Gasteiger partial charge in [-0.3, -0.25) is 24.0 Å². The van der Waals surface area contributed by atoms with Crippen molar-refractivity contribution in [2.75, 3.05) is 47.0 Å². The highest BCUT2D eigenvalue weighted by molar-refractivity contribution is 5.99. The third-order valence-electron chi connectivity index (χ3n) is 7.57. The van der Waals surface area contributed by atoms with Crippen LogP contribution in [0.3, 0.4) is 0 Å². The van der Waals surface area contributed by atoms with Crippen molar-refractivity contribution in [2.45, 2.75) is 58.5 Å². The molecule has 0 unspecified atom stereocenters. The van der Waals surface area contributed by atoms with E-state index in [-0.39, 0.29) is 80.3 Å². The van der Waals surface area contributed by atoms with E-state index < -0.39 is 29.8 Å². The molecule has 0 fully saturated rings. The smallest absolute Gasteiger partial charge is 0.252 e. The number of nitrogens with zero attached hydrogens (tertiary/aromatic N) is 1. The topological polar surface area (TPSA) is 164 Å². The first-order valence-corrected chi connectivity index (χ1v) is 15.9. The second-order valence-corrected chi connectivity index (χ2v) is 11.7. The molecule has 256 valence electrons. The van der Waals surface area contributed by atoms with Crippen LogP contribution in [0.15, 0.2) is 42.5 Å². The van der Waals surface area contributed by atoms with Crippen molar-refractivity contribution in [3.63, 3.8) is 0 Å². The number of amides is 5. The van der Waals surface area contributed by atoms with E-state index in [1.807, 2.05) is 44.2 Å². The minimum absolute atomic E-state index is 0.0695. The van der Waals surface area contributed by atoms with E-state index in [1.54, 1.807) is 0 Å². The largest absolute Gasteiger partial charge is 0.493 e. The zero-order valence-corrected chi connectivity index (χ0v) is 27.9. The highest BCUT2D eigenvalue weighted by atomic mass is 16.5. The first-order valence-electron chi connectivity index (χ1n) is 15.9. The van der Waals surface area contributed by atoms with Crippen LogP contribution in [-0.2, 0) is 25.6 Å². The first kappa shape index (κ1) is 36.7. The minimum Gasteiger partial charge on any atom is -0.493 e. The van der Waals surface area contributed by atoms with Gasteiger partial charge in [-0.2, -0.15) is 0 Å². The van der Waals surface area contributed by atoms with Gasteiger partial charge in [-0.05, 0) is 43.4 Å². The van der Waals surface area contributed by atoms with Gasteiger partial charge in [0.25, 0.3) is 5.91 Å². The van der Waals surface area contributed by atoms with Crippen LogP contribution in [0.1, 0.15) is 56.0 Å². The molecule has 0 saturated heterocycles.